The normalized spacial score (nSPS) is 14.8. The molecule has 18 heavy (non-hydrogen) atoms. The van der Waals surface area contributed by atoms with E-state index in [0.717, 1.165) is 5.56 Å². The van der Waals surface area contributed by atoms with E-state index in [1.807, 2.05) is 13.1 Å². The minimum Gasteiger partial charge on any atom is -0.383 e. The second kappa shape index (κ2) is 7.31. The van der Waals surface area contributed by atoms with Crippen LogP contribution < -0.4 is 5.73 Å². The van der Waals surface area contributed by atoms with E-state index in [2.05, 4.69) is 11.8 Å². The largest absolute Gasteiger partial charge is 0.383 e. The van der Waals surface area contributed by atoms with Crippen LogP contribution in [-0.2, 0) is 4.74 Å². The summed E-state index contributed by atoms with van der Waals surface area (Å²) in [7, 11) is 3.70. The van der Waals surface area contributed by atoms with Crippen molar-refractivity contribution in [3.63, 3.8) is 0 Å². The Balaban J connectivity index is 2.98. The number of methoxy groups -OCH3 is 1. The number of hydrogen-bond acceptors (Lipinski definition) is 3. The van der Waals surface area contributed by atoms with Crippen LogP contribution in [0.25, 0.3) is 0 Å². The zero-order valence-electron chi connectivity index (χ0n) is 11.0. The van der Waals surface area contributed by atoms with Gasteiger partial charge in [0, 0.05) is 35.8 Å². The van der Waals surface area contributed by atoms with E-state index in [4.69, 9.17) is 33.7 Å². The van der Waals surface area contributed by atoms with Gasteiger partial charge in [0.2, 0.25) is 0 Å². The van der Waals surface area contributed by atoms with Crippen LogP contribution >= 0.6 is 23.2 Å². The maximum atomic E-state index is 6.22. The average molecular weight is 291 g/mol. The van der Waals surface area contributed by atoms with Gasteiger partial charge in [0.1, 0.15) is 0 Å². The fraction of sp³-hybridized carbons (Fsp3) is 0.538. The number of nitrogens with two attached hydrogens (primary N) is 1. The van der Waals surface area contributed by atoms with Gasteiger partial charge in [0.15, 0.2) is 0 Å². The molecule has 102 valence electrons. The van der Waals surface area contributed by atoms with Crippen LogP contribution in [0.5, 0.6) is 0 Å². The fourth-order valence-corrected chi connectivity index (χ4v) is 2.37. The zero-order valence-corrected chi connectivity index (χ0v) is 12.5. The Kier molecular flexibility index (Phi) is 6.39. The Morgan fingerprint density at radius 1 is 1.39 bits per heavy atom. The predicted octanol–water partition coefficient (Wildman–Crippen LogP) is 2.96. The SMILES string of the molecule is COCC(C)N(C)C(CN)c1cc(Cl)ccc1Cl. The van der Waals surface area contributed by atoms with Gasteiger partial charge in [0.05, 0.1) is 6.61 Å². The van der Waals surface area contributed by atoms with Gasteiger partial charge in [-0.2, -0.15) is 0 Å². The summed E-state index contributed by atoms with van der Waals surface area (Å²) in [6.07, 6.45) is 0. The Morgan fingerprint density at radius 3 is 2.61 bits per heavy atom. The molecule has 0 bridgehead atoms. The van der Waals surface area contributed by atoms with Crippen molar-refractivity contribution >= 4 is 23.2 Å². The maximum Gasteiger partial charge on any atom is 0.0615 e. The third-order valence-electron chi connectivity index (χ3n) is 3.14. The lowest BCUT2D eigenvalue weighted by molar-refractivity contribution is 0.0911. The fourth-order valence-electron chi connectivity index (χ4n) is 1.95. The van der Waals surface area contributed by atoms with Crippen molar-refractivity contribution in [1.29, 1.82) is 0 Å². The highest BCUT2D eigenvalue weighted by Gasteiger charge is 2.22. The number of likely N-dealkylation sites (N-methyl/N-ethyl adjacent to an activating group) is 1. The Labute approximate surface area is 119 Å². The first-order chi connectivity index (χ1) is 8.51. The molecule has 5 heteroatoms. The monoisotopic (exact) mass is 290 g/mol. The molecule has 1 rings (SSSR count). The number of benzene rings is 1. The van der Waals surface area contributed by atoms with Gasteiger partial charge in [-0.25, -0.2) is 0 Å². The highest BCUT2D eigenvalue weighted by molar-refractivity contribution is 6.33. The molecule has 2 unspecified atom stereocenters. The first kappa shape index (κ1) is 15.7. The molecule has 3 nitrogen and oxygen atoms in total. The van der Waals surface area contributed by atoms with Crippen LogP contribution in [-0.4, -0.2) is 38.3 Å². The molecule has 0 radical (unpaired) electrons. The highest BCUT2D eigenvalue weighted by atomic mass is 35.5. The van der Waals surface area contributed by atoms with Crippen LogP contribution in [0, 0.1) is 0 Å². The lowest BCUT2D eigenvalue weighted by Gasteiger charge is -2.33. The van der Waals surface area contributed by atoms with E-state index in [1.165, 1.54) is 0 Å². The van der Waals surface area contributed by atoms with Crippen LogP contribution in [0.4, 0.5) is 0 Å². The van der Waals surface area contributed by atoms with Gasteiger partial charge in [-0.1, -0.05) is 23.2 Å². The first-order valence-corrected chi connectivity index (χ1v) is 6.62. The summed E-state index contributed by atoms with van der Waals surface area (Å²) in [5, 5.41) is 1.35. The summed E-state index contributed by atoms with van der Waals surface area (Å²) in [4.78, 5) is 2.15. The summed E-state index contributed by atoms with van der Waals surface area (Å²) in [6.45, 7) is 3.21. The van der Waals surface area contributed by atoms with Gasteiger partial charge in [-0.3, -0.25) is 4.90 Å². The molecule has 2 atom stereocenters. The summed E-state index contributed by atoms with van der Waals surface area (Å²) in [6, 6.07) is 5.73. The second-order valence-corrected chi connectivity index (χ2v) is 5.23. The molecular weight excluding hydrogens is 271 g/mol. The number of ether oxygens (including phenoxy) is 1. The molecular formula is C13H20Cl2N2O. The molecule has 0 saturated carbocycles. The van der Waals surface area contributed by atoms with Crippen LogP contribution in [0.2, 0.25) is 10.0 Å². The summed E-state index contributed by atoms with van der Waals surface area (Å²) >= 11 is 12.2. The summed E-state index contributed by atoms with van der Waals surface area (Å²) < 4.78 is 5.17. The molecule has 0 amide bonds. The smallest absolute Gasteiger partial charge is 0.0615 e. The van der Waals surface area contributed by atoms with E-state index in [-0.39, 0.29) is 12.1 Å². The molecule has 0 spiro atoms. The third-order valence-corrected chi connectivity index (χ3v) is 3.71. The van der Waals surface area contributed by atoms with E-state index in [1.54, 1.807) is 19.2 Å². The zero-order chi connectivity index (χ0) is 13.7. The molecule has 0 saturated heterocycles. The lowest BCUT2D eigenvalue weighted by Crippen LogP contribution is -2.39. The molecule has 2 N–H and O–H groups in total. The van der Waals surface area contributed by atoms with E-state index < -0.39 is 0 Å². The highest BCUT2D eigenvalue weighted by Crippen LogP contribution is 2.29. The van der Waals surface area contributed by atoms with Gasteiger partial charge >= 0.3 is 0 Å². The molecule has 0 fully saturated rings. The van der Waals surface area contributed by atoms with Crippen molar-refractivity contribution in [2.24, 2.45) is 5.73 Å². The third kappa shape index (κ3) is 3.84. The van der Waals surface area contributed by atoms with Crippen molar-refractivity contribution in [3.8, 4) is 0 Å². The first-order valence-electron chi connectivity index (χ1n) is 5.87. The van der Waals surface area contributed by atoms with Crippen molar-refractivity contribution in [2.75, 3.05) is 27.3 Å². The van der Waals surface area contributed by atoms with Crippen molar-refractivity contribution in [3.05, 3.63) is 33.8 Å². The molecule has 0 aliphatic rings. The Bertz CT molecular complexity index is 387. The van der Waals surface area contributed by atoms with Crippen LogP contribution in [0.1, 0.15) is 18.5 Å². The Hall–Kier alpha value is -0.320. The molecule has 1 aromatic carbocycles. The number of halogens is 2. The van der Waals surface area contributed by atoms with Crippen molar-refractivity contribution in [2.45, 2.75) is 19.0 Å². The quantitative estimate of drug-likeness (QED) is 0.875. The molecule has 1 aromatic rings. The van der Waals surface area contributed by atoms with E-state index in [0.29, 0.717) is 23.2 Å². The van der Waals surface area contributed by atoms with Gasteiger partial charge in [-0.05, 0) is 37.7 Å². The molecule has 0 aromatic heterocycles. The van der Waals surface area contributed by atoms with Crippen LogP contribution in [0.15, 0.2) is 18.2 Å². The lowest BCUT2D eigenvalue weighted by atomic mass is 10.0. The van der Waals surface area contributed by atoms with Crippen molar-refractivity contribution < 1.29 is 4.74 Å². The second-order valence-electron chi connectivity index (χ2n) is 4.39. The van der Waals surface area contributed by atoms with Gasteiger partial charge in [-0.15, -0.1) is 0 Å². The van der Waals surface area contributed by atoms with Gasteiger partial charge in [0.25, 0.3) is 0 Å². The maximum absolute atomic E-state index is 6.22. The Morgan fingerprint density at radius 2 is 2.06 bits per heavy atom. The minimum absolute atomic E-state index is 0.0290. The minimum atomic E-state index is 0.0290. The summed E-state index contributed by atoms with van der Waals surface area (Å²) in [5.41, 5.74) is 6.83. The topological polar surface area (TPSA) is 38.5 Å². The molecule has 0 aliphatic carbocycles. The number of hydrogen-bond donors (Lipinski definition) is 1. The molecule has 0 heterocycles. The van der Waals surface area contributed by atoms with E-state index in [9.17, 15) is 0 Å². The van der Waals surface area contributed by atoms with E-state index >= 15 is 0 Å². The standard InChI is InChI=1S/C13H20Cl2N2O/c1-9(8-18-3)17(2)13(7-16)11-6-10(14)4-5-12(11)15/h4-6,9,13H,7-8,16H2,1-3H3. The predicted molar refractivity (Wildman–Crippen MR) is 77.4 cm³/mol. The molecule has 0 aliphatic heterocycles. The van der Waals surface area contributed by atoms with Crippen LogP contribution in [0.3, 0.4) is 0 Å². The number of nitrogens with zero attached hydrogens (tertiary/aromatic N) is 1. The summed E-state index contributed by atoms with van der Waals surface area (Å²) in [5.74, 6) is 0. The van der Waals surface area contributed by atoms with Gasteiger partial charge < -0.3 is 10.5 Å². The van der Waals surface area contributed by atoms with Crippen molar-refractivity contribution in [1.82, 2.24) is 4.90 Å². The average Bonchev–Trinajstić information content (AvgIpc) is 2.34. The number of rotatable bonds is 6.